The molecular formula is C18H22N2O5. The van der Waals surface area contributed by atoms with E-state index in [1.807, 2.05) is 0 Å². The van der Waals surface area contributed by atoms with E-state index in [4.69, 9.17) is 9.47 Å². The number of ether oxygens (including phenoxy) is 2. The Morgan fingerprint density at radius 2 is 2.16 bits per heavy atom. The van der Waals surface area contributed by atoms with E-state index in [0.717, 1.165) is 19.3 Å². The number of hydrogen-bond donors (Lipinski definition) is 1. The molecule has 1 fully saturated rings. The predicted octanol–water partition coefficient (Wildman–Crippen LogP) is 3.17. The Labute approximate surface area is 146 Å². The monoisotopic (exact) mass is 346 g/mol. The lowest BCUT2D eigenvalue weighted by Crippen LogP contribution is -2.40. The number of hydrogen-bond acceptors (Lipinski definition) is 5. The van der Waals surface area contributed by atoms with Crippen LogP contribution in [0.3, 0.4) is 0 Å². The fraction of sp³-hybridized carbons (Fsp3) is 0.500. The van der Waals surface area contributed by atoms with Crippen molar-refractivity contribution in [2.24, 2.45) is 5.92 Å². The molecule has 7 heteroatoms. The third-order valence-electron chi connectivity index (χ3n) is 4.79. The lowest BCUT2D eigenvalue weighted by atomic mass is 9.86. The molecule has 1 aromatic rings. The Kier molecular flexibility index (Phi) is 5.33. The van der Waals surface area contributed by atoms with Crippen LogP contribution in [0, 0.1) is 16.0 Å². The molecule has 1 aromatic carbocycles. The maximum Gasteiger partial charge on any atom is 0.270 e. The molecular weight excluding hydrogens is 324 g/mol. The van der Waals surface area contributed by atoms with Crippen molar-refractivity contribution in [2.75, 3.05) is 6.79 Å². The zero-order valence-electron chi connectivity index (χ0n) is 14.2. The molecule has 0 saturated heterocycles. The molecule has 1 amide bonds. The van der Waals surface area contributed by atoms with Gasteiger partial charge >= 0.3 is 0 Å². The maximum absolute atomic E-state index is 12.2. The molecule has 1 aliphatic carbocycles. The predicted molar refractivity (Wildman–Crippen MR) is 92.0 cm³/mol. The summed E-state index contributed by atoms with van der Waals surface area (Å²) in [4.78, 5) is 22.9. The van der Waals surface area contributed by atoms with Gasteiger partial charge in [0.15, 0.2) is 6.79 Å². The first-order valence-corrected chi connectivity index (χ1v) is 8.55. The molecule has 1 saturated carbocycles. The van der Waals surface area contributed by atoms with Crippen LogP contribution in [0.25, 0.3) is 6.08 Å². The second-order valence-electron chi connectivity index (χ2n) is 6.60. The quantitative estimate of drug-likeness (QED) is 0.514. The lowest BCUT2D eigenvalue weighted by Gasteiger charge is -2.29. The van der Waals surface area contributed by atoms with E-state index in [0.29, 0.717) is 22.8 Å². The van der Waals surface area contributed by atoms with Gasteiger partial charge in [-0.05, 0) is 24.8 Å². The fourth-order valence-electron chi connectivity index (χ4n) is 3.39. The van der Waals surface area contributed by atoms with E-state index >= 15 is 0 Å². The zero-order chi connectivity index (χ0) is 17.8. The highest BCUT2D eigenvalue weighted by atomic mass is 16.7. The van der Waals surface area contributed by atoms with E-state index in [9.17, 15) is 14.9 Å². The molecule has 134 valence electrons. The first-order valence-electron chi connectivity index (χ1n) is 8.55. The van der Waals surface area contributed by atoms with Crippen LogP contribution >= 0.6 is 0 Å². The van der Waals surface area contributed by atoms with Gasteiger partial charge < -0.3 is 14.8 Å². The molecule has 2 atom stereocenters. The van der Waals surface area contributed by atoms with Gasteiger partial charge in [-0.25, -0.2) is 0 Å². The van der Waals surface area contributed by atoms with Crippen LogP contribution in [0.2, 0.25) is 0 Å². The van der Waals surface area contributed by atoms with Gasteiger partial charge in [-0.1, -0.05) is 19.8 Å². The minimum atomic E-state index is -0.462. The van der Waals surface area contributed by atoms with Gasteiger partial charge in [-0.15, -0.1) is 0 Å². The Hall–Kier alpha value is -2.41. The highest BCUT2D eigenvalue weighted by Crippen LogP contribution is 2.33. The number of non-ortho nitro benzene ring substituents is 1. The van der Waals surface area contributed by atoms with Crippen LogP contribution in [-0.2, 0) is 16.1 Å². The summed E-state index contributed by atoms with van der Waals surface area (Å²) in [6, 6.07) is 3.04. The Morgan fingerprint density at radius 1 is 1.36 bits per heavy atom. The van der Waals surface area contributed by atoms with Crippen molar-refractivity contribution in [1.29, 1.82) is 0 Å². The van der Waals surface area contributed by atoms with E-state index < -0.39 is 4.92 Å². The number of amides is 1. The average Bonchev–Trinajstić information content (AvgIpc) is 2.61. The van der Waals surface area contributed by atoms with Crippen LogP contribution in [-0.4, -0.2) is 23.7 Å². The molecule has 0 bridgehead atoms. The standard InChI is InChI=1S/C18H22N2O5/c1-12-4-2-3-5-16(12)19-17(21)7-6-13-8-15(20(22)23)9-14-10-24-11-25-18(13)14/h6-9,12,16H,2-5,10-11H2,1H3,(H,19,21)/b7-6+. The molecule has 25 heavy (non-hydrogen) atoms. The summed E-state index contributed by atoms with van der Waals surface area (Å²) < 4.78 is 10.6. The van der Waals surface area contributed by atoms with Crippen molar-refractivity contribution < 1.29 is 19.2 Å². The minimum absolute atomic E-state index is 0.0474. The van der Waals surface area contributed by atoms with Crippen molar-refractivity contribution in [3.8, 4) is 5.75 Å². The summed E-state index contributed by atoms with van der Waals surface area (Å²) in [5.74, 6) is 0.815. The van der Waals surface area contributed by atoms with Crippen molar-refractivity contribution in [3.63, 3.8) is 0 Å². The molecule has 1 aliphatic heterocycles. The number of fused-ring (bicyclic) bond motifs is 1. The molecule has 0 radical (unpaired) electrons. The van der Waals surface area contributed by atoms with Crippen LogP contribution in [0.15, 0.2) is 18.2 Å². The van der Waals surface area contributed by atoms with Gasteiger partial charge in [0.25, 0.3) is 5.69 Å². The van der Waals surface area contributed by atoms with Crippen molar-refractivity contribution >= 4 is 17.7 Å². The summed E-state index contributed by atoms with van der Waals surface area (Å²) in [5.41, 5.74) is 1.08. The molecule has 1 heterocycles. The van der Waals surface area contributed by atoms with E-state index in [2.05, 4.69) is 12.2 Å². The van der Waals surface area contributed by atoms with Crippen LogP contribution < -0.4 is 10.1 Å². The van der Waals surface area contributed by atoms with Crippen LogP contribution in [0.5, 0.6) is 5.75 Å². The number of benzene rings is 1. The topological polar surface area (TPSA) is 90.7 Å². The maximum atomic E-state index is 12.2. The largest absolute Gasteiger partial charge is 0.467 e. The van der Waals surface area contributed by atoms with Crippen molar-refractivity contribution in [3.05, 3.63) is 39.4 Å². The van der Waals surface area contributed by atoms with Gasteiger partial charge in [-0.2, -0.15) is 0 Å². The number of nitrogens with one attached hydrogen (secondary N) is 1. The Morgan fingerprint density at radius 3 is 2.92 bits per heavy atom. The highest BCUT2D eigenvalue weighted by Gasteiger charge is 2.23. The third-order valence-corrected chi connectivity index (χ3v) is 4.79. The fourth-order valence-corrected chi connectivity index (χ4v) is 3.39. The smallest absolute Gasteiger partial charge is 0.270 e. The van der Waals surface area contributed by atoms with Crippen molar-refractivity contribution in [1.82, 2.24) is 5.32 Å². The first-order chi connectivity index (χ1) is 12.0. The molecule has 2 aliphatic rings. The molecule has 0 spiro atoms. The van der Waals surface area contributed by atoms with Gasteiger partial charge in [0.05, 0.1) is 11.5 Å². The molecule has 7 nitrogen and oxygen atoms in total. The summed E-state index contributed by atoms with van der Waals surface area (Å²) in [7, 11) is 0. The van der Waals surface area contributed by atoms with Crippen LogP contribution in [0.1, 0.15) is 43.7 Å². The minimum Gasteiger partial charge on any atom is -0.467 e. The van der Waals surface area contributed by atoms with Crippen LogP contribution in [0.4, 0.5) is 5.69 Å². The number of carbonyl (C=O) groups excluding carboxylic acids is 1. The normalized spacial score (nSPS) is 22.9. The van der Waals surface area contributed by atoms with Gasteiger partial charge in [-0.3, -0.25) is 14.9 Å². The number of nitro groups is 1. The number of nitrogens with zero attached hydrogens (tertiary/aromatic N) is 1. The van der Waals surface area contributed by atoms with Gasteiger partial charge in [0, 0.05) is 35.4 Å². The van der Waals surface area contributed by atoms with Gasteiger partial charge in [0.1, 0.15) is 5.75 Å². The second-order valence-corrected chi connectivity index (χ2v) is 6.60. The summed E-state index contributed by atoms with van der Waals surface area (Å²) in [6.07, 6.45) is 7.45. The molecule has 2 unspecified atom stereocenters. The third kappa shape index (κ3) is 4.17. The summed E-state index contributed by atoms with van der Waals surface area (Å²) >= 11 is 0. The number of rotatable bonds is 4. The number of nitro benzene ring substituents is 1. The van der Waals surface area contributed by atoms with E-state index in [1.165, 1.54) is 24.6 Å². The summed E-state index contributed by atoms with van der Waals surface area (Å²) in [5, 5.41) is 14.1. The van der Waals surface area contributed by atoms with E-state index in [-0.39, 0.29) is 31.0 Å². The number of carbonyl (C=O) groups is 1. The van der Waals surface area contributed by atoms with E-state index in [1.54, 1.807) is 6.08 Å². The zero-order valence-corrected chi connectivity index (χ0v) is 14.2. The average molecular weight is 346 g/mol. The molecule has 3 rings (SSSR count). The second kappa shape index (κ2) is 7.65. The molecule has 0 aromatic heterocycles. The SMILES string of the molecule is CC1CCCCC1NC(=O)/C=C/c1cc([N+](=O)[O-])cc2c1OCOC2. The molecule has 1 N–H and O–H groups in total. The Balaban J connectivity index is 1.76. The lowest BCUT2D eigenvalue weighted by molar-refractivity contribution is -0.385. The van der Waals surface area contributed by atoms with Gasteiger partial charge in [0.2, 0.25) is 5.91 Å². The Bertz CT molecular complexity index is 701. The first kappa shape index (κ1) is 17.4. The van der Waals surface area contributed by atoms with Crippen molar-refractivity contribution in [2.45, 2.75) is 45.3 Å². The highest BCUT2D eigenvalue weighted by molar-refractivity contribution is 5.92. The summed E-state index contributed by atoms with van der Waals surface area (Å²) in [6.45, 7) is 2.50.